The topological polar surface area (TPSA) is 37.8 Å². The van der Waals surface area contributed by atoms with Gasteiger partial charge in [-0.25, -0.2) is 14.4 Å². The first-order valence-electron chi connectivity index (χ1n) is 6.21. The Morgan fingerprint density at radius 3 is 2.57 bits per heavy atom. The number of benzene rings is 1. The highest BCUT2D eigenvalue weighted by Crippen LogP contribution is 2.32. The van der Waals surface area contributed by atoms with Gasteiger partial charge in [-0.05, 0) is 30.7 Å². The predicted octanol–water partition coefficient (Wildman–Crippen LogP) is 3.23. The lowest BCUT2D eigenvalue weighted by Gasteiger charge is -2.13. The Morgan fingerprint density at radius 2 is 1.90 bits per heavy atom. The highest BCUT2D eigenvalue weighted by atomic mass is 19.4. The number of aryl methyl sites for hydroxylation is 1. The van der Waals surface area contributed by atoms with Crippen LogP contribution in [0.5, 0.6) is 0 Å². The lowest BCUT2D eigenvalue weighted by atomic mass is 10.1. The van der Waals surface area contributed by atoms with Gasteiger partial charge in [-0.1, -0.05) is 6.07 Å². The van der Waals surface area contributed by atoms with Crippen LogP contribution >= 0.6 is 0 Å². The van der Waals surface area contributed by atoms with E-state index in [2.05, 4.69) is 15.3 Å². The Kier molecular flexibility index (Phi) is 4.52. The largest absolute Gasteiger partial charge is 0.416 e. The van der Waals surface area contributed by atoms with Gasteiger partial charge in [0.25, 0.3) is 0 Å². The summed E-state index contributed by atoms with van der Waals surface area (Å²) in [6.45, 7) is 2.00. The summed E-state index contributed by atoms with van der Waals surface area (Å²) >= 11 is 0. The number of aromatic nitrogens is 2. The maximum atomic E-state index is 13.0. The third-order valence-corrected chi connectivity index (χ3v) is 2.83. The van der Waals surface area contributed by atoms with Crippen molar-refractivity contribution in [2.24, 2.45) is 0 Å². The van der Waals surface area contributed by atoms with Gasteiger partial charge in [-0.3, -0.25) is 0 Å². The van der Waals surface area contributed by atoms with E-state index >= 15 is 0 Å². The molecule has 2 rings (SSSR count). The average molecular weight is 299 g/mol. The van der Waals surface area contributed by atoms with Crippen LogP contribution in [0.25, 0.3) is 0 Å². The molecule has 1 N–H and O–H groups in total. The average Bonchev–Trinajstić information content (AvgIpc) is 2.39. The van der Waals surface area contributed by atoms with Crippen LogP contribution < -0.4 is 5.32 Å². The van der Waals surface area contributed by atoms with Gasteiger partial charge in [0, 0.05) is 19.3 Å². The normalized spacial score (nSPS) is 11.7. The fraction of sp³-hybridized carbons (Fsp3) is 0.286. The zero-order valence-corrected chi connectivity index (χ0v) is 11.2. The number of alkyl halides is 3. The molecule has 0 spiro atoms. The molecule has 3 nitrogen and oxygen atoms in total. The first kappa shape index (κ1) is 15.4. The minimum absolute atomic E-state index is 0.00493. The maximum absolute atomic E-state index is 13.0. The molecule has 0 aliphatic rings. The fourth-order valence-electron chi connectivity index (χ4n) is 1.90. The molecule has 7 heteroatoms. The molecule has 0 fully saturated rings. The molecule has 1 heterocycles. The molecule has 1 aromatic heterocycles. The minimum Gasteiger partial charge on any atom is -0.307 e. The Hall–Kier alpha value is -2.02. The molecule has 0 saturated heterocycles. The van der Waals surface area contributed by atoms with E-state index in [1.807, 2.05) is 0 Å². The van der Waals surface area contributed by atoms with Crippen molar-refractivity contribution >= 4 is 0 Å². The molecule has 0 aliphatic carbocycles. The number of rotatable bonds is 4. The van der Waals surface area contributed by atoms with E-state index in [9.17, 15) is 17.6 Å². The van der Waals surface area contributed by atoms with Crippen LogP contribution in [0.2, 0.25) is 0 Å². The van der Waals surface area contributed by atoms with Crippen LogP contribution in [0.1, 0.15) is 22.6 Å². The van der Waals surface area contributed by atoms with Crippen molar-refractivity contribution in [2.75, 3.05) is 0 Å². The fourth-order valence-corrected chi connectivity index (χ4v) is 1.90. The summed E-state index contributed by atoms with van der Waals surface area (Å²) in [4.78, 5) is 8.07. The molecule has 2 aromatic rings. The molecule has 1 aromatic carbocycles. The molecule has 0 atom stereocenters. The SMILES string of the molecule is Cc1nccc(CNCc2ccc(F)cc2C(F)(F)F)n1. The van der Waals surface area contributed by atoms with Gasteiger partial charge in [-0.2, -0.15) is 13.2 Å². The van der Waals surface area contributed by atoms with E-state index in [1.165, 1.54) is 0 Å². The van der Waals surface area contributed by atoms with Gasteiger partial charge in [0.05, 0.1) is 11.3 Å². The monoisotopic (exact) mass is 299 g/mol. The van der Waals surface area contributed by atoms with Crippen LogP contribution in [-0.4, -0.2) is 9.97 Å². The number of hydrogen-bond acceptors (Lipinski definition) is 3. The lowest BCUT2D eigenvalue weighted by molar-refractivity contribution is -0.138. The standard InChI is InChI=1S/C14H13F4N3/c1-9-20-5-4-12(21-9)8-19-7-10-2-3-11(15)6-13(10)14(16,17)18/h2-6,19H,7-8H2,1H3. The summed E-state index contributed by atoms with van der Waals surface area (Å²) in [5, 5.41) is 2.86. The molecule has 21 heavy (non-hydrogen) atoms. The number of nitrogens with zero attached hydrogens (tertiary/aromatic N) is 2. The third-order valence-electron chi connectivity index (χ3n) is 2.83. The van der Waals surface area contributed by atoms with Gasteiger partial charge in [-0.15, -0.1) is 0 Å². The van der Waals surface area contributed by atoms with Crippen LogP contribution in [0, 0.1) is 12.7 Å². The second-order valence-corrected chi connectivity index (χ2v) is 4.50. The predicted molar refractivity (Wildman–Crippen MR) is 68.7 cm³/mol. The van der Waals surface area contributed by atoms with Gasteiger partial charge in [0.15, 0.2) is 0 Å². The summed E-state index contributed by atoms with van der Waals surface area (Å²) in [5.41, 5.74) is -0.290. The Bertz CT molecular complexity index is 626. The highest BCUT2D eigenvalue weighted by Gasteiger charge is 2.33. The molecule has 0 amide bonds. The second-order valence-electron chi connectivity index (χ2n) is 4.50. The second kappa shape index (κ2) is 6.17. The van der Waals surface area contributed by atoms with Crippen molar-refractivity contribution in [3.05, 3.63) is 58.9 Å². The van der Waals surface area contributed by atoms with Crippen molar-refractivity contribution in [2.45, 2.75) is 26.2 Å². The molecule has 0 aliphatic heterocycles. The zero-order valence-electron chi connectivity index (χ0n) is 11.2. The van der Waals surface area contributed by atoms with Crippen molar-refractivity contribution in [3.8, 4) is 0 Å². The molecular weight excluding hydrogens is 286 g/mol. The first-order chi connectivity index (χ1) is 9.86. The van der Waals surface area contributed by atoms with Crippen LogP contribution in [0.3, 0.4) is 0 Å². The van der Waals surface area contributed by atoms with Gasteiger partial charge >= 0.3 is 6.18 Å². The van der Waals surface area contributed by atoms with Gasteiger partial charge in [0.1, 0.15) is 11.6 Å². The van der Waals surface area contributed by atoms with Crippen molar-refractivity contribution in [1.82, 2.24) is 15.3 Å². The zero-order chi connectivity index (χ0) is 15.5. The molecule has 0 unspecified atom stereocenters. The molecule has 112 valence electrons. The number of nitrogens with one attached hydrogen (secondary N) is 1. The van der Waals surface area contributed by atoms with E-state index in [4.69, 9.17) is 0 Å². The Morgan fingerprint density at radius 1 is 1.14 bits per heavy atom. The van der Waals surface area contributed by atoms with Crippen LogP contribution in [0.4, 0.5) is 17.6 Å². The smallest absolute Gasteiger partial charge is 0.307 e. The maximum Gasteiger partial charge on any atom is 0.416 e. The van der Waals surface area contributed by atoms with Crippen molar-refractivity contribution in [1.29, 1.82) is 0 Å². The lowest BCUT2D eigenvalue weighted by Crippen LogP contribution is -2.18. The summed E-state index contributed by atoms with van der Waals surface area (Å²) in [6, 6.07) is 4.33. The first-order valence-corrected chi connectivity index (χ1v) is 6.21. The van der Waals surface area contributed by atoms with Crippen molar-refractivity contribution < 1.29 is 17.6 Å². The Balaban J connectivity index is 2.07. The summed E-state index contributed by atoms with van der Waals surface area (Å²) in [7, 11) is 0. The quantitative estimate of drug-likeness (QED) is 0.881. The summed E-state index contributed by atoms with van der Waals surface area (Å²) < 4.78 is 51.4. The molecular formula is C14H13F4N3. The number of hydrogen-bond donors (Lipinski definition) is 1. The van der Waals surface area contributed by atoms with Crippen LogP contribution in [0.15, 0.2) is 30.5 Å². The summed E-state index contributed by atoms with van der Waals surface area (Å²) in [6.07, 6.45) is -3.00. The van der Waals surface area contributed by atoms with E-state index in [-0.39, 0.29) is 12.1 Å². The third kappa shape index (κ3) is 4.22. The minimum atomic E-state index is -4.58. The molecule has 0 radical (unpaired) electrons. The molecule has 0 bridgehead atoms. The summed E-state index contributed by atoms with van der Waals surface area (Å²) in [5.74, 6) is -0.315. The van der Waals surface area contributed by atoms with Crippen LogP contribution in [-0.2, 0) is 19.3 Å². The van der Waals surface area contributed by atoms with Gasteiger partial charge in [0.2, 0.25) is 0 Å². The Labute approximate surface area is 119 Å². The number of halogens is 4. The van der Waals surface area contributed by atoms with E-state index in [1.54, 1.807) is 19.2 Å². The van der Waals surface area contributed by atoms with E-state index in [0.717, 1.165) is 12.1 Å². The van der Waals surface area contributed by atoms with Gasteiger partial charge < -0.3 is 5.32 Å². The molecule has 0 saturated carbocycles. The van der Waals surface area contributed by atoms with E-state index in [0.29, 0.717) is 24.1 Å². The van der Waals surface area contributed by atoms with E-state index < -0.39 is 17.6 Å². The highest BCUT2D eigenvalue weighted by molar-refractivity contribution is 5.30. The van der Waals surface area contributed by atoms with Crippen molar-refractivity contribution in [3.63, 3.8) is 0 Å².